The Morgan fingerprint density at radius 2 is 1.92 bits per heavy atom. The Balaban J connectivity index is 2.50. The summed E-state index contributed by atoms with van der Waals surface area (Å²) in [5, 5.41) is 0. The maximum Gasteiger partial charge on any atom is 0.133 e. The van der Waals surface area contributed by atoms with Crippen molar-refractivity contribution in [1.29, 1.82) is 0 Å². The van der Waals surface area contributed by atoms with Gasteiger partial charge in [0.25, 0.3) is 0 Å². The normalized spacial score (nSPS) is 23.9. The molecule has 0 aromatic carbocycles. The van der Waals surface area contributed by atoms with Crippen LogP contribution in [-0.2, 0) is 4.79 Å². The molecule has 0 radical (unpaired) electrons. The highest BCUT2D eigenvalue weighted by Gasteiger charge is 2.35. The molecule has 0 heterocycles. The largest absolute Gasteiger partial charge is 0.300 e. The Bertz CT molecular complexity index is 181. The van der Waals surface area contributed by atoms with Crippen LogP contribution in [0, 0.1) is 5.92 Å². The molecule has 0 aliphatic heterocycles. The molecule has 0 N–H and O–H groups in total. The van der Waals surface area contributed by atoms with E-state index < -0.39 is 5.67 Å². The van der Waals surface area contributed by atoms with Crippen LogP contribution in [0.2, 0.25) is 0 Å². The number of ketones is 1. The van der Waals surface area contributed by atoms with Crippen LogP contribution in [0.25, 0.3) is 0 Å². The van der Waals surface area contributed by atoms with E-state index in [4.69, 9.17) is 0 Å². The smallest absolute Gasteiger partial charge is 0.133 e. The molecule has 76 valence electrons. The third-order valence-electron chi connectivity index (χ3n) is 3.05. The van der Waals surface area contributed by atoms with Crippen LogP contribution in [0.1, 0.15) is 52.4 Å². The molecular formula is C11H19FO. The summed E-state index contributed by atoms with van der Waals surface area (Å²) in [5.41, 5.74) is -1.26. The van der Waals surface area contributed by atoms with Gasteiger partial charge < -0.3 is 0 Å². The van der Waals surface area contributed by atoms with Crippen molar-refractivity contribution in [3.63, 3.8) is 0 Å². The second kappa shape index (κ2) is 4.21. The second-order valence-corrected chi connectivity index (χ2v) is 4.49. The first-order valence-corrected chi connectivity index (χ1v) is 5.21. The van der Waals surface area contributed by atoms with E-state index in [9.17, 15) is 9.18 Å². The van der Waals surface area contributed by atoms with Gasteiger partial charge in [-0.1, -0.05) is 19.3 Å². The summed E-state index contributed by atoms with van der Waals surface area (Å²) >= 11 is 0. The first-order chi connectivity index (χ1) is 6.02. The lowest BCUT2D eigenvalue weighted by Gasteiger charge is -2.32. The van der Waals surface area contributed by atoms with Crippen LogP contribution in [0.4, 0.5) is 4.39 Å². The van der Waals surface area contributed by atoms with E-state index in [1.54, 1.807) is 6.92 Å². The van der Waals surface area contributed by atoms with Gasteiger partial charge in [0.2, 0.25) is 0 Å². The highest BCUT2D eigenvalue weighted by atomic mass is 19.1. The van der Waals surface area contributed by atoms with Crippen LogP contribution >= 0.6 is 0 Å². The van der Waals surface area contributed by atoms with Gasteiger partial charge >= 0.3 is 0 Å². The molecule has 1 unspecified atom stereocenters. The number of carbonyl (C=O) groups excluding carboxylic acids is 1. The van der Waals surface area contributed by atoms with Crippen LogP contribution in [0.3, 0.4) is 0 Å². The summed E-state index contributed by atoms with van der Waals surface area (Å²) < 4.78 is 14.0. The fraction of sp³-hybridized carbons (Fsp3) is 0.909. The second-order valence-electron chi connectivity index (χ2n) is 4.49. The van der Waals surface area contributed by atoms with Gasteiger partial charge in [-0.05, 0) is 32.6 Å². The van der Waals surface area contributed by atoms with Crippen LogP contribution in [-0.4, -0.2) is 11.5 Å². The van der Waals surface area contributed by atoms with Crippen molar-refractivity contribution in [3.8, 4) is 0 Å². The molecule has 2 heteroatoms. The van der Waals surface area contributed by atoms with E-state index in [2.05, 4.69) is 0 Å². The topological polar surface area (TPSA) is 17.1 Å². The van der Waals surface area contributed by atoms with Crippen molar-refractivity contribution < 1.29 is 9.18 Å². The van der Waals surface area contributed by atoms with Crippen molar-refractivity contribution in [1.82, 2.24) is 0 Å². The van der Waals surface area contributed by atoms with Gasteiger partial charge in [-0.2, -0.15) is 0 Å². The Morgan fingerprint density at radius 1 is 1.38 bits per heavy atom. The van der Waals surface area contributed by atoms with E-state index in [0.29, 0.717) is 0 Å². The van der Waals surface area contributed by atoms with Crippen LogP contribution in [0.5, 0.6) is 0 Å². The Morgan fingerprint density at radius 3 is 2.38 bits per heavy atom. The third-order valence-corrected chi connectivity index (χ3v) is 3.05. The molecule has 1 saturated carbocycles. The van der Waals surface area contributed by atoms with Crippen molar-refractivity contribution in [2.75, 3.05) is 0 Å². The fourth-order valence-corrected chi connectivity index (χ4v) is 2.34. The molecule has 1 rings (SSSR count). The van der Waals surface area contributed by atoms with Gasteiger partial charge in [0.1, 0.15) is 11.5 Å². The zero-order valence-corrected chi connectivity index (χ0v) is 8.61. The first-order valence-electron chi connectivity index (χ1n) is 5.21. The summed E-state index contributed by atoms with van der Waals surface area (Å²) in [4.78, 5) is 10.9. The average Bonchev–Trinajstić information content (AvgIpc) is 2.04. The Hall–Kier alpha value is -0.400. The molecule has 0 aromatic rings. The standard InChI is InChI=1S/C11H19FO/c1-9(13)8-11(2,12)10-6-4-3-5-7-10/h10H,3-8H2,1-2H3. The summed E-state index contributed by atoms with van der Waals surface area (Å²) in [6.07, 6.45) is 5.50. The molecule has 0 spiro atoms. The minimum atomic E-state index is -1.26. The highest BCUT2D eigenvalue weighted by Crippen LogP contribution is 2.37. The SMILES string of the molecule is CC(=O)CC(C)(F)C1CCCCC1. The van der Waals surface area contributed by atoms with Crippen molar-refractivity contribution in [3.05, 3.63) is 0 Å². The van der Waals surface area contributed by atoms with Gasteiger partial charge in [0, 0.05) is 6.42 Å². The number of Topliss-reactive ketones (excluding diaryl/α,β-unsaturated/α-hetero) is 1. The van der Waals surface area contributed by atoms with Gasteiger partial charge in [-0.3, -0.25) is 4.79 Å². The third kappa shape index (κ3) is 3.09. The molecule has 0 saturated heterocycles. The molecule has 0 aromatic heterocycles. The van der Waals surface area contributed by atoms with Crippen molar-refractivity contribution >= 4 is 5.78 Å². The van der Waals surface area contributed by atoms with Gasteiger partial charge in [0.15, 0.2) is 0 Å². The minimum Gasteiger partial charge on any atom is -0.300 e. The van der Waals surface area contributed by atoms with E-state index >= 15 is 0 Å². The predicted molar refractivity (Wildman–Crippen MR) is 51.4 cm³/mol. The molecule has 0 bridgehead atoms. The zero-order chi connectivity index (χ0) is 9.90. The number of hydrogen-bond donors (Lipinski definition) is 0. The lowest BCUT2D eigenvalue weighted by molar-refractivity contribution is -0.120. The van der Waals surface area contributed by atoms with Crippen molar-refractivity contribution in [2.45, 2.75) is 58.0 Å². The maximum absolute atomic E-state index is 14.0. The summed E-state index contributed by atoms with van der Waals surface area (Å²) in [6.45, 7) is 3.06. The number of carbonyl (C=O) groups is 1. The number of rotatable bonds is 3. The number of hydrogen-bond acceptors (Lipinski definition) is 1. The quantitative estimate of drug-likeness (QED) is 0.661. The summed E-state index contributed by atoms with van der Waals surface area (Å²) in [6, 6.07) is 0. The fourth-order valence-electron chi connectivity index (χ4n) is 2.34. The molecule has 0 amide bonds. The van der Waals surface area contributed by atoms with Crippen LogP contribution in [0.15, 0.2) is 0 Å². The predicted octanol–water partition coefficient (Wildman–Crippen LogP) is 3.27. The lowest BCUT2D eigenvalue weighted by atomic mass is 9.77. The Kier molecular flexibility index (Phi) is 3.46. The molecule has 1 nitrogen and oxygen atoms in total. The van der Waals surface area contributed by atoms with Gasteiger partial charge in [-0.15, -0.1) is 0 Å². The van der Waals surface area contributed by atoms with E-state index in [1.165, 1.54) is 13.3 Å². The molecule has 1 aliphatic rings. The van der Waals surface area contributed by atoms with Gasteiger partial charge in [-0.25, -0.2) is 4.39 Å². The Labute approximate surface area is 79.7 Å². The summed E-state index contributed by atoms with van der Waals surface area (Å²) in [5.74, 6) is 0.0840. The van der Waals surface area contributed by atoms with Crippen molar-refractivity contribution in [2.24, 2.45) is 5.92 Å². The summed E-state index contributed by atoms with van der Waals surface area (Å²) in [7, 11) is 0. The lowest BCUT2D eigenvalue weighted by Crippen LogP contribution is -2.33. The zero-order valence-electron chi connectivity index (χ0n) is 8.61. The monoisotopic (exact) mass is 186 g/mol. The van der Waals surface area contributed by atoms with Gasteiger partial charge in [0.05, 0.1) is 0 Å². The first kappa shape index (κ1) is 10.7. The van der Waals surface area contributed by atoms with E-state index in [0.717, 1.165) is 25.7 Å². The maximum atomic E-state index is 14.0. The highest BCUT2D eigenvalue weighted by molar-refractivity contribution is 5.76. The molecule has 1 fully saturated rings. The molecule has 1 atom stereocenters. The molecule has 1 aliphatic carbocycles. The molecular weight excluding hydrogens is 167 g/mol. The minimum absolute atomic E-state index is 0.0319. The van der Waals surface area contributed by atoms with Crippen LogP contribution < -0.4 is 0 Å². The van der Waals surface area contributed by atoms with E-state index in [1.807, 2.05) is 0 Å². The number of halogens is 1. The number of alkyl halides is 1. The molecule has 13 heavy (non-hydrogen) atoms. The average molecular weight is 186 g/mol. The van der Waals surface area contributed by atoms with E-state index in [-0.39, 0.29) is 18.1 Å².